The van der Waals surface area contributed by atoms with Crippen LogP contribution in [0.15, 0.2) is 78.0 Å². The number of nitrogens with zero attached hydrogens (tertiary/aromatic N) is 3. The molecule has 0 fully saturated rings. The van der Waals surface area contributed by atoms with Crippen LogP contribution in [0.2, 0.25) is 0 Å². The topological polar surface area (TPSA) is 69.0 Å². The summed E-state index contributed by atoms with van der Waals surface area (Å²) < 4.78 is 34.4. The molecule has 0 saturated carbocycles. The maximum atomic E-state index is 13.5. The summed E-state index contributed by atoms with van der Waals surface area (Å²) in [4.78, 5) is 12.8. The number of benzene rings is 3. The smallest absolute Gasteiger partial charge is 0.230 e. The Hall–Kier alpha value is -3.72. The molecule has 1 aliphatic rings. The summed E-state index contributed by atoms with van der Waals surface area (Å²) in [5.41, 5.74) is 2.24. The van der Waals surface area contributed by atoms with Crippen molar-refractivity contribution < 1.29 is 18.3 Å². The molecule has 172 valence electrons. The lowest BCUT2D eigenvalue weighted by Gasteiger charge is -2.26. The van der Waals surface area contributed by atoms with E-state index in [1.807, 2.05) is 24.3 Å². The van der Waals surface area contributed by atoms with E-state index in [2.05, 4.69) is 15.5 Å². The Bertz CT molecular complexity index is 1310. The number of hydrogen-bond acceptors (Lipinski definition) is 5. The van der Waals surface area contributed by atoms with Crippen molar-refractivity contribution in [3.63, 3.8) is 0 Å². The van der Waals surface area contributed by atoms with E-state index in [4.69, 9.17) is 4.74 Å². The van der Waals surface area contributed by atoms with Crippen molar-refractivity contribution in [1.29, 1.82) is 0 Å². The number of thioether (sulfide) groups is 1. The molecule has 1 unspecified atom stereocenters. The summed E-state index contributed by atoms with van der Waals surface area (Å²) in [5.74, 6) is 0.480. The first kappa shape index (κ1) is 22.1. The average molecular weight is 479 g/mol. The molecule has 0 aliphatic carbocycles. The number of para-hydroxylation sites is 1. The van der Waals surface area contributed by atoms with E-state index in [1.165, 1.54) is 36.0 Å². The van der Waals surface area contributed by atoms with Crippen molar-refractivity contribution in [2.45, 2.75) is 17.6 Å². The summed E-state index contributed by atoms with van der Waals surface area (Å²) in [6.07, 6.45) is 0.688. The SMILES string of the molecule is O=C(CSc1nnc(-c2ccc(F)cc2)n1-c1ccc(F)cc1)NC1CCOc2ccccc21. The van der Waals surface area contributed by atoms with Gasteiger partial charge in [-0.15, -0.1) is 10.2 Å². The Balaban J connectivity index is 1.37. The zero-order valence-corrected chi connectivity index (χ0v) is 18.8. The zero-order chi connectivity index (χ0) is 23.5. The molecule has 0 bridgehead atoms. The second kappa shape index (κ2) is 9.64. The predicted molar refractivity (Wildman–Crippen MR) is 125 cm³/mol. The number of amides is 1. The van der Waals surface area contributed by atoms with Gasteiger partial charge < -0.3 is 10.1 Å². The fraction of sp³-hybridized carbons (Fsp3) is 0.160. The van der Waals surface area contributed by atoms with Crippen molar-refractivity contribution in [2.24, 2.45) is 0 Å². The van der Waals surface area contributed by atoms with Gasteiger partial charge in [-0.3, -0.25) is 9.36 Å². The lowest BCUT2D eigenvalue weighted by Crippen LogP contribution is -2.33. The molecule has 0 saturated heterocycles. The summed E-state index contributed by atoms with van der Waals surface area (Å²) in [6.45, 7) is 0.537. The van der Waals surface area contributed by atoms with E-state index in [1.54, 1.807) is 28.8 Å². The number of aromatic nitrogens is 3. The Kier molecular flexibility index (Phi) is 6.27. The first-order valence-corrected chi connectivity index (χ1v) is 11.7. The molecule has 4 aromatic rings. The monoisotopic (exact) mass is 478 g/mol. The van der Waals surface area contributed by atoms with Crippen LogP contribution in [-0.2, 0) is 4.79 Å². The number of hydrogen-bond donors (Lipinski definition) is 1. The minimum Gasteiger partial charge on any atom is -0.493 e. The number of carbonyl (C=O) groups excluding carboxylic acids is 1. The first-order valence-electron chi connectivity index (χ1n) is 10.7. The molecule has 1 N–H and O–H groups in total. The van der Waals surface area contributed by atoms with Gasteiger partial charge in [0.15, 0.2) is 11.0 Å². The molecule has 0 spiro atoms. The maximum Gasteiger partial charge on any atom is 0.230 e. The molecular weight excluding hydrogens is 458 g/mol. The molecule has 5 rings (SSSR count). The van der Waals surface area contributed by atoms with E-state index >= 15 is 0 Å². The largest absolute Gasteiger partial charge is 0.493 e. The average Bonchev–Trinajstić information content (AvgIpc) is 3.28. The van der Waals surface area contributed by atoms with Gasteiger partial charge in [-0.25, -0.2) is 8.78 Å². The van der Waals surface area contributed by atoms with Gasteiger partial charge in [0.25, 0.3) is 0 Å². The molecule has 1 aromatic heterocycles. The molecule has 34 heavy (non-hydrogen) atoms. The first-order chi connectivity index (χ1) is 16.6. The normalized spacial score (nSPS) is 14.8. The third-order valence-electron chi connectivity index (χ3n) is 5.45. The Labute approximate surface area is 199 Å². The predicted octanol–water partition coefficient (Wildman–Crippen LogP) is 4.94. The van der Waals surface area contributed by atoms with E-state index in [-0.39, 0.29) is 29.3 Å². The van der Waals surface area contributed by atoms with E-state index in [9.17, 15) is 13.6 Å². The van der Waals surface area contributed by atoms with Gasteiger partial charge in [-0.2, -0.15) is 0 Å². The van der Waals surface area contributed by atoms with Crippen LogP contribution in [0, 0.1) is 11.6 Å². The minimum absolute atomic E-state index is 0.113. The molecule has 1 atom stereocenters. The summed E-state index contributed by atoms with van der Waals surface area (Å²) in [6, 6.07) is 19.3. The van der Waals surface area contributed by atoms with E-state index in [0.717, 1.165) is 11.3 Å². The molecule has 9 heteroatoms. The van der Waals surface area contributed by atoms with Crippen LogP contribution >= 0.6 is 11.8 Å². The van der Waals surface area contributed by atoms with Gasteiger partial charge in [0.05, 0.1) is 18.4 Å². The lowest BCUT2D eigenvalue weighted by molar-refractivity contribution is -0.119. The van der Waals surface area contributed by atoms with Gasteiger partial charge >= 0.3 is 0 Å². The van der Waals surface area contributed by atoms with Crippen molar-refractivity contribution in [2.75, 3.05) is 12.4 Å². The second-order valence-corrected chi connectivity index (χ2v) is 8.65. The van der Waals surface area contributed by atoms with Crippen LogP contribution in [0.3, 0.4) is 0 Å². The number of halogens is 2. The number of carbonyl (C=O) groups is 1. The Morgan fingerprint density at radius 3 is 2.47 bits per heavy atom. The van der Waals surface area contributed by atoms with Gasteiger partial charge in [-0.05, 0) is 54.6 Å². The van der Waals surface area contributed by atoms with Gasteiger partial charge in [0.1, 0.15) is 17.4 Å². The third-order valence-corrected chi connectivity index (χ3v) is 6.38. The van der Waals surface area contributed by atoms with Gasteiger partial charge in [0, 0.05) is 23.2 Å². The quantitative estimate of drug-likeness (QED) is 0.398. The fourth-order valence-corrected chi connectivity index (χ4v) is 4.59. The molecular formula is C25H20F2N4O2S. The highest BCUT2D eigenvalue weighted by Gasteiger charge is 2.23. The molecule has 3 aromatic carbocycles. The van der Waals surface area contributed by atoms with Crippen LogP contribution in [0.1, 0.15) is 18.0 Å². The number of nitrogens with one attached hydrogen (secondary N) is 1. The van der Waals surface area contributed by atoms with Crippen molar-refractivity contribution in [3.05, 3.63) is 90.0 Å². The van der Waals surface area contributed by atoms with Crippen molar-refractivity contribution in [1.82, 2.24) is 20.1 Å². The molecule has 1 amide bonds. The molecule has 2 heterocycles. The number of fused-ring (bicyclic) bond motifs is 1. The van der Waals surface area contributed by atoms with Crippen LogP contribution in [-0.4, -0.2) is 33.0 Å². The summed E-state index contributed by atoms with van der Waals surface area (Å²) in [7, 11) is 0. The van der Waals surface area contributed by atoms with Crippen LogP contribution in [0.5, 0.6) is 5.75 Å². The van der Waals surface area contributed by atoms with Gasteiger partial charge in [0.2, 0.25) is 5.91 Å². The summed E-state index contributed by atoms with van der Waals surface area (Å²) >= 11 is 1.22. The molecule has 1 aliphatic heterocycles. The number of rotatable bonds is 6. The second-order valence-electron chi connectivity index (χ2n) is 7.71. The molecule has 0 radical (unpaired) electrons. The van der Waals surface area contributed by atoms with E-state index in [0.29, 0.717) is 35.3 Å². The van der Waals surface area contributed by atoms with Gasteiger partial charge in [-0.1, -0.05) is 30.0 Å². The lowest BCUT2D eigenvalue weighted by atomic mass is 10.0. The Morgan fingerprint density at radius 2 is 1.71 bits per heavy atom. The fourth-order valence-electron chi connectivity index (χ4n) is 3.83. The van der Waals surface area contributed by atoms with Crippen molar-refractivity contribution in [3.8, 4) is 22.8 Å². The highest BCUT2D eigenvalue weighted by Crippen LogP contribution is 2.32. The molecule has 6 nitrogen and oxygen atoms in total. The maximum absolute atomic E-state index is 13.5. The van der Waals surface area contributed by atoms with Crippen LogP contribution < -0.4 is 10.1 Å². The zero-order valence-electron chi connectivity index (χ0n) is 17.9. The summed E-state index contributed by atoms with van der Waals surface area (Å²) in [5, 5.41) is 12.1. The van der Waals surface area contributed by atoms with Crippen LogP contribution in [0.4, 0.5) is 8.78 Å². The highest BCUT2D eigenvalue weighted by molar-refractivity contribution is 7.99. The number of ether oxygens (including phenoxy) is 1. The minimum atomic E-state index is -0.370. The standard InChI is InChI=1S/C25H20F2N4O2S/c26-17-7-5-16(6-8-17)24-29-30-25(31(24)19-11-9-18(27)10-12-19)34-15-23(32)28-21-13-14-33-22-4-2-1-3-20(21)22/h1-12,21H,13-15H2,(H,28,32). The Morgan fingerprint density at radius 1 is 1.00 bits per heavy atom. The highest BCUT2D eigenvalue weighted by atomic mass is 32.2. The van der Waals surface area contributed by atoms with Crippen molar-refractivity contribution >= 4 is 17.7 Å². The van der Waals surface area contributed by atoms with E-state index < -0.39 is 0 Å². The van der Waals surface area contributed by atoms with Crippen LogP contribution in [0.25, 0.3) is 17.1 Å². The third kappa shape index (κ3) is 4.65.